The highest BCUT2D eigenvalue weighted by Crippen LogP contribution is 2.38. The van der Waals surface area contributed by atoms with E-state index in [0.29, 0.717) is 5.25 Å². The Hall–Kier alpha value is -0.740. The van der Waals surface area contributed by atoms with Crippen LogP contribution in [0.3, 0.4) is 0 Å². The summed E-state index contributed by atoms with van der Waals surface area (Å²) < 4.78 is 2.01. The standard InChI is InChI=1S/C10H10ClN3S/c11-7-3-4-9-12-13-10(14(9)6-7)8-2-1-5-15-8/h3-4,6,8H,1-2,5H2. The molecular formula is C10H10ClN3S. The number of nitrogens with zero attached hydrogens (tertiary/aromatic N) is 3. The van der Waals surface area contributed by atoms with Crippen molar-refractivity contribution in [1.82, 2.24) is 14.6 Å². The van der Waals surface area contributed by atoms with E-state index in [1.165, 1.54) is 18.6 Å². The maximum absolute atomic E-state index is 5.97. The molecule has 1 fully saturated rings. The second-order valence-corrected chi connectivity index (χ2v) is 5.38. The van der Waals surface area contributed by atoms with Crippen LogP contribution in [0.1, 0.15) is 23.9 Å². The van der Waals surface area contributed by atoms with Crippen LogP contribution in [0.4, 0.5) is 0 Å². The first-order valence-corrected chi connectivity index (χ1v) is 6.39. The minimum atomic E-state index is 0.485. The van der Waals surface area contributed by atoms with Crippen molar-refractivity contribution in [2.75, 3.05) is 5.75 Å². The molecule has 1 saturated heterocycles. The molecule has 1 unspecified atom stereocenters. The third-order valence-electron chi connectivity index (χ3n) is 2.61. The van der Waals surface area contributed by atoms with Gasteiger partial charge in [-0.05, 0) is 30.7 Å². The van der Waals surface area contributed by atoms with Crippen molar-refractivity contribution in [2.45, 2.75) is 18.1 Å². The molecule has 0 saturated carbocycles. The van der Waals surface area contributed by atoms with E-state index in [2.05, 4.69) is 10.2 Å². The predicted molar refractivity (Wildman–Crippen MR) is 62.4 cm³/mol. The summed E-state index contributed by atoms with van der Waals surface area (Å²) in [6, 6.07) is 3.75. The lowest BCUT2D eigenvalue weighted by Crippen LogP contribution is -1.97. The third kappa shape index (κ3) is 1.62. The van der Waals surface area contributed by atoms with E-state index in [1.807, 2.05) is 34.5 Å². The Balaban J connectivity index is 2.13. The van der Waals surface area contributed by atoms with Gasteiger partial charge in [-0.2, -0.15) is 11.8 Å². The molecule has 0 amide bonds. The molecule has 2 aromatic heterocycles. The average molecular weight is 240 g/mol. The number of hydrogen-bond donors (Lipinski definition) is 0. The summed E-state index contributed by atoms with van der Waals surface area (Å²) in [5, 5.41) is 9.61. The fraction of sp³-hybridized carbons (Fsp3) is 0.400. The number of thioether (sulfide) groups is 1. The van der Waals surface area contributed by atoms with Gasteiger partial charge in [-0.25, -0.2) is 0 Å². The molecule has 78 valence electrons. The highest BCUT2D eigenvalue weighted by Gasteiger charge is 2.22. The number of rotatable bonds is 1. The van der Waals surface area contributed by atoms with Gasteiger partial charge in [-0.3, -0.25) is 4.40 Å². The van der Waals surface area contributed by atoms with E-state index in [9.17, 15) is 0 Å². The molecule has 2 aromatic rings. The van der Waals surface area contributed by atoms with Crippen molar-refractivity contribution in [2.24, 2.45) is 0 Å². The zero-order chi connectivity index (χ0) is 10.3. The van der Waals surface area contributed by atoms with Crippen LogP contribution < -0.4 is 0 Å². The third-order valence-corrected chi connectivity index (χ3v) is 4.21. The molecule has 0 bridgehead atoms. The molecule has 3 rings (SSSR count). The zero-order valence-electron chi connectivity index (χ0n) is 8.06. The molecule has 15 heavy (non-hydrogen) atoms. The van der Waals surface area contributed by atoms with Crippen LogP contribution in [-0.2, 0) is 0 Å². The maximum Gasteiger partial charge on any atom is 0.160 e. The highest BCUT2D eigenvalue weighted by atomic mass is 35.5. The van der Waals surface area contributed by atoms with Crippen molar-refractivity contribution in [1.29, 1.82) is 0 Å². The largest absolute Gasteiger partial charge is 0.284 e. The van der Waals surface area contributed by atoms with Gasteiger partial charge in [-0.15, -0.1) is 10.2 Å². The molecular weight excluding hydrogens is 230 g/mol. The monoisotopic (exact) mass is 239 g/mol. The predicted octanol–water partition coefficient (Wildman–Crippen LogP) is 2.95. The van der Waals surface area contributed by atoms with Gasteiger partial charge in [0.1, 0.15) is 0 Å². The van der Waals surface area contributed by atoms with Crippen LogP contribution in [0.25, 0.3) is 5.65 Å². The highest BCUT2D eigenvalue weighted by molar-refractivity contribution is 7.99. The average Bonchev–Trinajstić information content (AvgIpc) is 2.83. The van der Waals surface area contributed by atoms with Gasteiger partial charge in [0.25, 0.3) is 0 Å². The summed E-state index contributed by atoms with van der Waals surface area (Å²) in [4.78, 5) is 0. The van der Waals surface area contributed by atoms with Gasteiger partial charge in [0.2, 0.25) is 0 Å². The number of fused-ring (bicyclic) bond motifs is 1. The van der Waals surface area contributed by atoms with Crippen molar-refractivity contribution < 1.29 is 0 Å². The van der Waals surface area contributed by atoms with Crippen LogP contribution in [0.2, 0.25) is 5.02 Å². The second kappa shape index (κ2) is 3.68. The SMILES string of the molecule is Clc1ccc2nnc(C3CCCS3)n2c1. The Morgan fingerprint density at radius 1 is 1.40 bits per heavy atom. The summed E-state index contributed by atoms with van der Waals surface area (Å²) in [6.07, 6.45) is 4.36. The molecule has 0 aliphatic carbocycles. The summed E-state index contributed by atoms with van der Waals surface area (Å²) in [7, 11) is 0. The van der Waals surface area contributed by atoms with Crippen LogP contribution in [0, 0.1) is 0 Å². The van der Waals surface area contributed by atoms with Crippen LogP contribution >= 0.6 is 23.4 Å². The van der Waals surface area contributed by atoms with Gasteiger partial charge >= 0.3 is 0 Å². The zero-order valence-corrected chi connectivity index (χ0v) is 9.63. The van der Waals surface area contributed by atoms with Gasteiger partial charge < -0.3 is 0 Å². The van der Waals surface area contributed by atoms with E-state index in [1.54, 1.807) is 0 Å². The Morgan fingerprint density at radius 2 is 2.33 bits per heavy atom. The molecule has 0 aromatic carbocycles. The van der Waals surface area contributed by atoms with E-state index in [4.69, 9.17) is 11.6 Å². The summed E-state index contributed by atoms with van der Waals surface area (Å²) in [6.45, 7) is 0. The maximum atomic E-state index is 5.97. The van der Waals surface area contributed by atoms with E-state index >= 15 is 0 Å². The number of aromatic nitrogens is 3. The van der Waals surface area contributed by atoms with E-state index < -0.39 is 0 Å². The minimum Gasteiger partial charge on any atom is -0.284 e. The number of halogens is 1. The smallest absolute Gasteiger partial charge is 0.160 e. The summed E-state index contributed by atoms with van der Waals surface area (Å²) in [5.41, 5.74) is 0.877. The Labute approximate surface area is 96.8 Å². The molecule has 5 heteroatoms. The molecule has 3 heterocycles. The van der Waals surface area contributed by atoms with Crippen LogP contribution in [-0.4, -0.2) is 20.4 Å². The first-order valence-electron chi connectivity index (χ1n) is 4.96. The Kier molecular flexibility index (Phi) is 2.33. The van der Waals surface area contributed by atoms with Crippen molar-refractivity contribution in [3.63, 3.8) is 0 Å². The van der Waals surface area contributed by atoms with E-state index in [0.717, 1.165) is 16.5 Å². The minimum absolute atomic E-state index is 0.485. The van der Waals surface area contributed by atoms with Gasteiger partial charge in [-0.1, -0.05) is 11.6 Å². The van der Waals surface area contributed by atoms with Crippen molar-refractivity contribution in [3.8, 4) is 0 Å². The van der Waals surface area contributed by atoms with Crippen molar-refractivity contribution >= 4 is 29.0 Å². The first kappa shape index (κ1) is 9.48. The van der Waals surface area contributed by atoms with Gasteiger partial charge in [0.05, 0.1) is 10.3 Å². The van der Waals surface area contributed by atoms with E-state index in [-0.39, 0.29) is 0 Å². The molecule has 0 spiro atoms. The molecule has 0 N–H and O–H groups in total. The lowest BCUT2D eigenvalue weighted by atomic mass is 10.2. The number of hydrogen-bond acceptors (Lipinski definition) is 3. The van der Waals surface area contributed by atoms with Gasteiger partial charge in [0, 0.05) is 6.20 Å². The molecule has 1 atom stereocenters. The van der Waals surface area contributed by atoms with Gasteiger partial charge in [0.15, 0.2) is 11.5 Å². The topological polar surface area (TPSA) is 30.2 Å². The molecule has 1 aliphatic heterocycles. The molecule has 3 nitrogen and oxygen atoms in total. The summed E-state index contributed by atoms with van der Waals surface area (Å²) >= 11 is 7.93. The van der Waals surface area contributed by atoms with Crippen molar-refractivity contribution in [3.05, 3.63) is 29.2 Å². The fourth-order valence-electron chi connectivity index (χ4n) is 1.88. The van der Waals surface area contributed by atoms with Crippen LogP contribution in [0.5, 0.6) is 0 Å². The Morgan fingerprint density at radius 3 is 3.13 bits per heavy atom. The summed E-state index contributed by atoms with van der Waals surface area (Å²) in [5.74, 6) is 2.26. The lowest BCUT2D eigenvalue weighted by Gasteiger charge is -2.05. The van der Waals surface area contributed by atoms with Crippen LogP contribution in [0.15, 0.2) is 18.3 Å². The lowest BCUT2D eigenvalue weighted by molar-refractivity contribution is 0.766. The molecule has 0 radical (unpaired) electrons. The normalized spacial score (nSPS) is 21.3. The quantitative estimate of drug-likeness (QED) is 0.767. The fourth-order valence-corrected chi connectivity index (χ4v) is 3.30. The number of pyridine rings is 1. The second-order valence-electron chi connectivity index (χ2n) is 3.64. The first-order chi connectivity index (χ1) is 7.34. The Bertz CT molecular complexity index is 490. The molecule has 1 aliphatic rings.